The number of carbonyl (C=O) groups is 1. The van der Waals surface area contributed by atoms with Crippen LogP contribution in [0.15, 0.2) is 18.2 Å². The highest BCUT2D eigenvalue weighted by Gasteiger charge is 2.22. The maximum absolute atomic E-state index is 12.0. The van der Waals surface area contributed by atoms with E-state index in [4.69, 9.17) is 5.73 Å². The Kier molecular flexibility index (Phi) is 6.09. The number of carbonyl (C=O) groups excluding carboxylic acids is 1. The molecule has 5 heteroatoms. The zero-order valence-electron chi connectivity index (χ0n) is 11.3. The molecule has 1 aromatic heterocycles. The number of nitrogens with one attached hydrogen (secondary N) is 1. The minimum atomic E-state index is -0.125. The highest BCUT2D eigenvalue weighted by molar-refractivity contribution is 5.92. The summed E-state index contributed by atoms with van der Waals surface area (Å²) in [5, 5.41) is 3.04. The second-order valence-corrected chi connectivity index (χ2v) is 5.11. The molecule has 1 aromatic rings. The molecule has 106 valence electrons. The third-order valence-electron chi connectivity index (χ3n) is 3.72. The molecule has 0 saturated heterocycles. The van der Waals surface area contributed by atoms with Crippen LogP contribution in [-0.4, -0.2) is 16.9 Å². The van der Waals surface area contributed by atoms with Crippen LogP contribution in [0.2, 0.25) is 0 Å². The molecule has 0 aromatic carbocycles. The first-order valence-electron chi connectivity index (χ1n) is 6.70. The van der Waals surface area contributed by atoms with Gasteiger partial charge < -0.3 is 11.1 Å². The van der Waals surface area contributed by atoms with E-state index in [2.05, 4.69) is 17.2 Å². The van der Waals surface area contributed by atoms with Crippen molar-refractivity contribution >= 4 is 24.1 Å². The van der Waals surface area contributed by atoms with Gasteiger partial charge in [0, 0.05) is 6.04 Å². The molecule has 1 saturated carbocycles. The molecule has 1 aliphatic carbocycles. The van der Waals surface area contributed by atoms with Gasteiger partial charge in [0.2, 0.25) is 0 Å². The van der Waals surface area contributed by atoms with E-state index in [1.54, 1.807) is 18.2 Å². The lowest BCUT2D eigenvalue weighted by molar-refractivity contribution is 0.0914. The van der Waals surface area contributed by atoms with E-state index >= 15 is 0 Å². The molecular formula is C14H22ClN3O. The molecule has 0 aliphatic heterocycles. The number of rotatable bonds is 3. The zero-order valence-corrected chi connectivity index (χ0v) is 12.1. The van der Waals surface area contributed by atoms with Crippen LogP contribution in [0.1, 0.15) is 49.5 Å². The maximum atomic E-state index is 12.0. The smallest absolute Gasteiger partial charge is 0.270 e. The van der Waals surface area contributed by atoms with Gasteiger partial charge in [-0.1, -0.05) is 25.3 Å². The monoisotopic (exact) mass is 283 g/mol. The third kappa shape index (κ3) is 4.39. The Morgan fingerprint density at radius 3 is 2.68 bits per heavy atom. The summed E-state index contributed by atoms with van der Waals surface area (Å²) in [7, 11) is 0. The van der Waals surface area contributed by atoms with Crippen molar-refractivity contribution in [1.82, 2.24) is 10.3 Å². The van der Waals surface area contributed by atoms with Gasteiger partial charge in [-0.05, 0) is 37.8 Å². The average molecular weight is 284 g/mol. The molecule has 0 spiro atoms. The lowest BCUT2D eigenvalue weighted by Gasteiger charge is -2.28. The van der Waals surface area contributed by atoms with Crippen LogP contribution in [0.25, 0.3) is 0 Å². The minimum absolute atomic E-state index is 0. The van der Waals surface area contributed by atoms with Crippen molar-refractivity contribution in [2.24, 2.45) is 5.92 Å². The van der Waals surface area contributed by atoms with Gasteiger partial charge in [-0.3, -0.25) is 4.79 Å². The van der Waals surface area contributed by atoms with Crippen LogP contribution in [-0.2, 0) is 0 Å². The number of nitrogens with zero attached hydrogens (tertiary/aromatic N) is 1. The van der Waals surface area contributed by atoms with Crippen LogP contribution in [0.4, 0.5) is 5.82 Å². The molecular weight excluding hydrogens is 262 g/mol. The average Bonchev–Trinajstić information content (AvgIpc) is 2.39. The van der Waals surface area contributed by atoms with Crippen molar-refractivity contribution in [3.05, 3.63) is 23.9 Å². The highest BCUT2D eigenvalue weighted by Crippen LogP contribution is 2.26. The van der Waals surface area contributed by atoms with E-state index in [-0.39, 0.29) is 24.4 Å². The van der Waals surface area contributed by atoms with Crippen molar-refractivity contribution in [3.63, 3.8) is 0 Å². The summed E-state index contributed by atoms with van der Waals surface area (Å²) in [6.45, 7) is 2.08. The number of halogens is 1. The van der Waals surface area contributed by atoms with Crippen LogP contribution in [0.3, 0.4) is 0 Å². The molecule has 0 bridgehead atoms. The molecule has 1 unspecified atom stereocenters. The summed E-state index contributed by atoms with van der Waals surface area (Å²) >= 11 is 0. The number of anilines is 1. The van der Waals surface area contributed by atoms with Crippen LogP contribution in [0.5, 0.6) is 0 Å². The van der Waals surface area contributed by atoms with Gasteiger partial charge in [0.05, 0.1) is 0 Å². The number of hydrogen-bond acceptors (Lipinski definition) is 3. The maximum Gasteiger partial charge on any atom is 0.270 e. The fourth-order valence-corrected chi connectivity index (χ4v) is 2.61. The summed E-state index contributed by atoms with van der Waals surface area (Å²) < 4.78 is 0. The molecule has 0 radical (unpaired) electrons. The predicted octanol–water partition coefficient (Wildman–Crippen LogP) is 2.78. The second kappa shape index (κ2) is 7.34. The van der Waals surface area contributed by atoms with Gasteiger partial charge in [0.1, 0.15) is 11.5 Å². The summed E-state index contributed by atoms with van der Waals surface area (Å²) in [4.78, 5) is 16.1. The molecule has 4 nitrogen and oxygen atoms in total. The Morgan fingerprint density at radius 2 is 2.05 bits per heavy atom. The minimum Gasteiger partial charge on any atom is -0.384 e. The Morgan fingerprint density at radius 1 is 1.37 bits per heavy atom. The van der Waals surface area contributed by atoms with Crippen molar-refractivity contribution in [2.75, 3.05) is 5.73 Å². The van der Waals surface area contributed by atoms with Crippen molar-refractivity contribution < 1.29 is 4.79 Å². The number of hydrogen-bond donors (Lipinski definition) is 2. The molecule has 3 N–H and O–H groups in total. The molecule has 1 aliphatic rings. The summed E-state index contributed by atoms with van der Waals surface area (Å²) in [6.07, 6.45) is 6.31. The molecule has 1 heterocycles. The first-order chi connectivity index (χ1) is 8.66. The van der Waals surface area contributed by atoms with Crippen molar-refractivity contribution in [2.45, 2.75) is 45.1 Å². The van der Waals surface area contributed by atoms with Gasteiger partial charge in [-0.15, -0.1) is 12.4 Å². The van der Waals surface area contributed by atoms with Crippen molar-refractivity contribution in [3.8, 4) is 0 Å². The van der Waals surface area contributed by atoms with Crippen LogP contribution < -0.4 is 11.1 Å². The lowest BCUT2D eigenvalue weighted by atomic mass is 9.84. The zero-order chi connectivity index (χ0) is 13.0. The number of amides is 1. The SMILES string of the molecule is CC(NC(=O)c1cccc(N)n1)C1CCCCC1.Cl. The summed E-state index contributed by atoms with van der Waals surface area (Å²) in [5.41, 5.74) is 5.98. The predicted molar refractivity (Wildman–Crippen MR) is 79.4 cm³/mol. The first kappa shape index (κ1) is 15.8. The van der Waals surface area contributed by atoms with E-state index in [1.807, 2.05) is 0 Å². The fourth-order valence-electron chi connectivity index (χ4n) is 2.61. The largest absolute Gasteiger partial charge is 0.384 e. The third-order valence-corrected chi connectivity index (χ3v) is 3.72. The Hall–Kier alpha value is -1.29. The lowest BCUT2D eigenvalue weighted by Crippen LogP contribution is -2.39. The van der Waals surface area contributed by atoms with E-state index < -0.39 is 0 Å². The fraction of sp³-hybridized carbons (Fsp3) is 0.571. The molecule has 2 rings (SSSR count). The topological polar surface area (TPSA) is 68.0 Å². The molecule has 1 amide bonds. The normalized spacial score (nSPS) is 17.3. The van der Waals surface area contributed by atoms with E-state index in [9.17, 15) is 4.79 Å². The summed E-state index contributed by atoms with van der Waals surface area (Å²) in [6, 6.07) is 5.34. The Bertz CT molecular complexity index is 419. The first-order valence-corrected chi connectivity index (χ1v) is 6.70. The summed E-state index contributed by atoms with van der Waals surface area (Å²) in [5.74, 6) is 0.858. The van der Waals surface area contributed by atoms with Gasteiger partial charge in [-0.25, -0.2) is 4.98 Å². The number of nitrogen functional groups attached to an aromatic ring is 1. The number of nitrogens with two attached hydrogens (primary N) is 1. The number of pyridine rings is 1. The standard InChI is InChI=1S/C14H21N3O.ClH/c1-10(11-6-3-2-4-7-11)16-14(18)12-8-5-9-13(15)17-12;/h5,8-11H,2-4,6-7H2,1H3,(H2,15,17)(H,16,18);1H. The Labute approximate surface area is 120 Å². The van der Waals surface area contributed by atoms with Crippen LogP contribution >= 0.6 is 12.4 Å². The van der Waals surface area contributed by atoms with Gasteiger partial charge in [0.15, 0.2) is 0 Å². The molecule has 1 fully saturated rings. The quantitative estimate of drug-likeness (QED) is 0.896. The molecule has 1 atom stereocenters. The number of aromatic nitrogens is 1. The van der Waals surface area contributed by atoms with Gasteiger partial charge >= 0.3 is 0 Å². The Balaban J connectivity index is 0.00000180. The molecule has 19 heavy (non-hydrogen) atoms. The van der Waals surface area contributed by atoms with Crippen molar-refractivity contribution in [1.29, 1.82) is 0 Å². The highest BCUT2D eigenvalue weighted by atomic mass is 35.5. The van der Waals surface area contributed by atoms with Crippen LogP contribution in [0, 0.1) is 5.92 Å². The van der Waals surface area contributed by atoms with Gasteiger partial charge in [-0.2, -0.15) is 0 Å². The van der Waals surface area contributed by atoms with E-state index in [0.717, 1.165) is 0 Å². The van der Waals surface area contributed by atoms with E-state index in [1.165, 1.54) is 32.1 Å². The van der Waals surface area contributed by atoms with Gasteiger partial charge in [0.25, 0.3) is 5.91 Å². The van der Waals surface area contributed by atoms with E-state index in [0.29, 0.717) is 17.4 Å². The second-order valence-electron chi connectivity index (χ2n) is 5.11.